The molecule has 2 aromatic rings. The molecule has 28 nitrogen and oxygen atoms in total. The number of likely N-dealkylation sites (tertiary alicyclic amines) is 1. The standard InChI is InChI=1S/C51H85N17O11/c52-20-5-3-12-33(57)44(72)67-43(41(70)27-56)48(76)65-36(19-23-55)45(73)62-29-42(71)63-37(15-7-22-54)49(77)68-25-9-16-39(68)47(75)66-38(26-31-28-61-34-13-2-1-11-32(31)34)46(74)64-35(14-4-6-21-53)40(69)18-17-30(50(78)79)10-8-24-60-51(58)59/h1-2,10-11,13,28,33,35-39,41,43,61,70H,3-9,12,14-27,29,52-57H2,(H,62,73)(H,63,71)(H,64,74)(H,65,76)(H,66,75)(H,67,72)(H,78,79)(H4,58,59,60)/b30-10+/t33-,35-,36-,37+,38-,39-,41-,43-/m0/s1. The van der Waals surface area contributed by atoms with Gasteiger partial charge >= 0.3 is 5.97 Å². The van der Waals surface area contributed by atoms with Gasteiger partial charge in [-0.15, -0.1) is 0 Å². The number of carboxylic acids is 1. The van der Waals surface area contributed by atoms with E-state index in [2.05, 4.69) is 41.9 Å². The molecule has 7 amide bonds. The SMILES string of the molecule is NCCCC[C@H](NC(=O)[C@H](Cc1c[nH]c2ccccc12)NC(=O)[C@@H]1CCCN1C(=O)[C@@H](CCCN)NC(=O)CNC(=O)[C@H](CCN)NC(=O)[C@@H](NC(=O)[C@@H](N)CCCCN)[C@@H](O)CN)C(=O)CC/C(=C\CCN=C(N)N)C(=O)O. The molecule has 25 N–H and O–H groups in total. The van der Waals surface area contributed by atoms with Gasteiger partial charge in [0.1, 0.15) is 30.2 Å². The molecule has 1 aromatic carbocycles. The fraction of sp³-hybridized carbons (Fsp3) is 0.608. The number of aliphatic carboxylic acids is 1. The van der Waals surface area contributed by atoms with Crippen LogP contribution in [-0.2, 0) is 49.6 Å². The van der Waals surface area contributed by atoms with Crippen molar-refractivity contribution in [1.82, 2.24) is 41.8 Å². The van der Waals surface area contributed by atoms with Crippen molar-refractivity contribution in [1.29, 1.82) is 0 Å². The predicted molar refractivity (Wildman–Crippen MR) is 295 cm³/mol. The highest BCUT2D eigenvalue weighted by Crippen LogP contribution is 2.23. The zero-order valence-electron chi connectivity index (χ0n) is 44.9. The number of nitrogens with two attached hydrogens (primary N) is 8. The number of para-hydroxylation sites is 1. The number of fused-ring (bicyclic) bond motifs is 1. The van der Waals surface area contributed by atoms with Crippen molar-refractivity contribution < 1.29 is 53.4 Å². The van der Waals surface area contributed by atoms with Gasteiger partial charge in [0.2, 0.25) is 41.4 Å². The fourth-order valence-electron chi connectivity index (χ4n) is 8.93. The van der Waals surface area contributed by atoms with E-state index < -0.39 is 115 Å². The molecule has 1 saturated heterocycles. The number of hydrogen-bond acceptors (Lipinski definition) is 17. The second-order valence-corrected chi connectivity index (χ2v) is 19.3. The summed E-state index contributed by atoms with van der Waals surface area (Å²) in [5.74, 6) is -7.19. The number of Topliss-reactive ketones (excluding diaryl/α,β-unsaturated/α-hetero) is 1. The first-order valence-electron chi connectivity index (χ1n) is 26.9. The Kier molecular flexibility index (Phi) is 29.7. The van der Waals surface area contributed by atoms with Crippen LogP contribution < -0.4 is 77.8 Å². The van der Waals surface area contributed by atoms with Crippen LogP contribution in [0.2, 0.25) is 0 Å². The van der Waals surface area contributed by atoms with Gasteiger partial charge in [-0.25, -0.2) is 4.79 Å². The summed E-state index contributed by atoms with van der Waals surface area (Å²) in [7, 11) is 0. The van der Waals surface area contributed by atoms with Crippen LogP contribution in [0, 0.1) is 0 Å². The van der Waals surface area contributed by atoms with E-state index in [0.29, 0.717) is 50.8 Å². The number of nitrogens with zero attached hydrogens (tertiary/aromatic N) is 2. The number of aliphatic hydroxyl groups is 1. The minimum absolute atomic E-state index is 0.0330. The second-order valence-electron chi connectivity index (χ2n) is 19.3. The minimum Gasteiger partial charge on any atom is -0.478 e. The Hall–Kier alpha value is -7.08. The van der Waals surface area contributed by atoms with Crippen molar-refractivity contribution in [3.05, 3.63) is 47.7 Å². The van der Waals surface area contributed by atoms with E-state index in [9.17, 15) is 53.4 Å². The normalized spacial score (nSPS) is 16.1. The molecule has 1 fully saturated rings. The maximum Gasteiger partial charge on any atom is 0.331 e. The Labute approximate surface area is 459 Å². The average Bonchev–Trinajstić information content (AvgIpc) is 4.14. The summed E-state index contributed by atoms with van der Waals surface area (Å²) in [6, 6.07) is -1.31. The minimum atomic E-state index is -1.60. The van der Waals surface area contributed by atoms with E-state index in [0.717, 1.165) is 10.9 Å². The maximum atomic E-state index is 14.5. The number of aliphatic imine (C=N–C) groups is 1. The Morgan fingerprint density at radius 3 is 2.06 bits per heavy atom. The molecule has 0 aliphatic carbocycles. The molecule has 1 aromatic heterocycles. The predicted octanol–water partition coefficient (Wildman–Crippen LogP) is -4.74. The lowest BCUT2D eigenvalue weighted by atomic mass is 9.97. The number of carboxylic acid groups (broad SMARTS) is 1. The zero-order chi connectivity index (χ0) is 58.4. The smallest absolute Gasteiger partial charge is 0.331 e. The molecule has 0 unspecified atom stereocenters. The molecule has 0 saturated carbocycles. The summed E-state index contributed by atoms with van der Waals surface area (Å²) in [5.41, 5.74) is 46.6. The number of aromatic nitrogens is 1. The summed E-state index contributed by atoms with van der Waals surface area (Å²) in [6.07, 6.45) is 4.71. The zero-order valence-corrected chi connectivity index (χ0v) is 44.9. The number of H-pyrrole nitrogens is 1. The highest BCUT2D eigenvalue weighted by Gasteiger charge is 2.40. The molecule has 3 rings (SSSR count). The summed E-state index contributed by atoms with van der Waals surface area (Å²) >= 11 is 0. The number of unbranched alkanes of at least 4 members (excludes halogenated alkanes) is 2. The first kappa shape index (κ1) is 66.2. The van der Waals surface area contributed by atoms with Crippen LogP contribution in [-0.4, -0.2) is 180 Å². The van der Waals surface area contributed by atoms with Gasteiger partial charge in [0, 0.05) is 55.1 Å². The molecular formula is C51H85N17O11. The van der Waals surface area contributed by atoms with Gasteiger partial charge in [0.05, 0.1) is 24.7 Å². The van der Waals surface area contributed by atoms with Crippen LogP contribution in [0.1, 0.15) is 95.5 Å². The molecule has 28 heteroatoms. The third-order valence-electron chi connectivity index (χ3n) is 13.3. The number of hydrogen-bond donors (Lipinski definition) is 17. The van der Waals surface area contributed by atoms with Crippen LogP contribution in [0.3, 0.4) is 0 Å². The van der Waals surface area contributed by atoms with Gasteiger partial charge in [-0.3, -0.25) is 43.3 Å². The van der Waals surface area contributed by atoms with E-state index in [1.54, 1.807) is 6.20 Å². The Balaban J connectivity index is 1.80. The Bertz CT molecular complexity index is 2400. The van der Waals surface area contributed by atoms with Crippen LogP contribution in [0.25, 0.3) is 10.9 Å². The average molecular weight is 1110 g/mol. The Morgan fingerprint density at radius 2 is 1.41 bits per heavy atom. The number of amides is 7. The third kappa shape index (κ3) is 22.3. The molecule has 0 bridgehead atoms. The first-order valence-corrected chi connectivity index (χ1v) is 26.9. The molecule has 8 atom stereocenters. The van der Waals surface area contributed by atoms with Crippen molar-refractivity contribution >= 4 is 70.0 Å². The number of benzene rings is 1. The fourth-order valence-corrected chi connectivity index (χ4v) is 8.93. The van der Waals surface area contributed by atoms with Crippen molar-refractivity contribution in [2.45, 2.75) is 145 Å². The monoisotopic (exact) mass is 1110 g/mol. The van der Waals surface area contributed by atoms with Crippen LogP contribution >= 0.6 is 0 Å². The first-order chi connectivity index (χ1) is 37.8. The summed E-state index contributed by atoms with van der Waals surface area (Å²) in [4.78, 5) is 131. The number of carbonyl (C=O) groups is 9. The van der Waals surface area contributed by atoms with Crippen molar-refractivity contribution in [2.24, 2.45) is 50.9 Å². The summed E-state index contributed by atoms with van der Waals surface area (Å²) < 4.78 is 0. The van der Waals surface area contributed by atoms with E-state index in [1.165, 1.54) is 11.0 Å². The number of ketones is 1. The van der Waals surface area contributed by atoms with Crippen molar-refractivity contribution in [3.63, 3.8) is 0 Å². The highest BCUT2D eigenvalue weighted by molar-refractivity contribution is 5.98. The summed E-state index contributed by atoms with van der Waals surface area (Å²) in [6.45, 7) is -0.106. The topological polar surface area (TPSA) is 506 Å². The highest BCUT2D eigenvalue weighted by atomic mass is 16.4. The van der Waals surface area contributed by atoms with Crippen LogP contribution in [0.5, 0.6) is 0 Å². The number of carbonyl (C=O) groups excluding carboxylic acids is 8. The number of guanidine groups is 1. The molecule has 440 valence electrons. The molecule has 1 aliphatic heterocycles. The lowest BCUT2D eigenvalue weighted by Gasteiger charge is -2.30. The van der Waals surface area contributed by atoms with E-state index in [-0.39, 0.29) is 102 Å². The van der Waals surface area contributed by atoms with Crippen molar-refractivity contribution in [3.8, 4) is 0 Å². The van der Waals surface area contributed by atoms with Gasteiger partial charge in [0.15, 0.2) is 11.7 Å². The van der Waals surface area contributed by atoms with E-state index >= 15 is 0 Å². The van der Waals surface area contributed by atoms with Gasteiger partial charge in [0.25, 0.3) is 0 Å². The number of aromatic amines is 1. The van der Waals surface area contributed by atoms with E-state index in [4.69, 9.17) is 45.9 Å². The molecule has 2 heterocycles. The van der Waals surface area contributed by atoms with E-state index in [1.807, 2.05) is 24.3 Å². The quantitative estimate of drug-likeness (QED) is 0.0130. The molecule has 0 radical (unpaired) electrons. The van der Waals surface area contributed by atoms with Crippen LogP contribution in [0.4, 0.5) is 0 Å². The number of nitrogens with one attached hydrogen (secondary N) is 7. The largest absolute Gasteiger partial charge is 0.478 e. The summed E-state index contributed by atoms with van der Waals surface area (Å²) in [5, 5.41) is 36.7. The molecule has 1 aliphatic rings. The maximum absolute atomic E-state index is 14.5. The Morgan fingerprint density at radius 1 is 0.734 bits per heavy atom. The number of rotatable bonds is 38. The third-order valence-corrected chi connectivity index (χ3v) is 13.3. The van der Waals surface area contributed by atoms with Gasteiger partial charge in [-0.05, 0) is 115 Å². The van der Waals surface area contributed by atoms with Gasteiger partial charge in [-0.1, -0.05) is 30.7 Å². The van der Waals surface area contributed by atoms with Gasteiger partial charge in [-0.2, -0.15) is 0 Å². The number of aliphatic hydroxyl groups excluding tert-OH is 1. The second kappa shape index (κ2) is 35.4. The van der Waals surface area contributed by atoms with Crippen molar-refractivity contribution in [2.75, 3.05) is 52.4 Å². The van der Waals surface area contributed by atoms with Crippen LogP contribution in [0.15, 0.2) is 47.1 Å². The molecule has 79 heavy (non-hydrogen) atoms. The lowest BCUT2D eigenvalue weighted by Crippen LogP contribution is -2.61. The van der Waals surface area contributed by atoms with Gasteiger partial charge < -0.3 is 97.9 Å². The molecule has 0 spiro atoms. The molecular weight excluding hydrogens is 1030 g/mol. The lowest BCUT2D eigenvalue weighted by molar-refractivity contribution is -0.142.